The fourth-order valence-electron chi connectivity index (χ4n) is 2.53. The molecule has 0 amide bonds. The Labute approximate surface area is 126 Å². The van der Waals surface area contributed by atoms with Crippen LogP contribution in [0.15, 0.2) is 6.07 Å². The van der Waals surface area contributed by atoms with Crippen molar-refractivity contribution < 1.29 is 14.6 Å². The second-order valence-electron chi connectivity index (χ2n) is 5.84. The SMILES string of the molecule is Cc1cc(C)c(C(=O)O)c(OCCN(C(C)C)C(C)C)n1. The van der Waals surface area contributed by atoms with Gasteiger partial charge in [0.25, 0.3) is 0 Å². The van der Waals surface area contributed by atoms with E-state index >= 15 is 0 Å². The molecule has 1 N–H and O–H groups in total. The summed E-state index contributed by atoms with van der Waals surface area (Å²) >= 11 is 0. The Morgan fingerprint density at radius 1 is 1.29 bits per heavy atom. The lowest BCUT2D eigenvalue weighted by Crippen LogP contribution is -2.39. The summed E-state index contributed by atoms with van der Waals surface area (Å²) in [6.45, 7) is 13.3. The van der Waals surface area contributed by atoms with E-state index in [4.69, 9.17) is 4.74 Å². The number of rotatable bonds is 7. The molecule has 1 rings (SSSR count). The van der Waals surface area contributed by atoms with Crippen LogP contribution in [0.1, 0.15) is 49.3 Å². The molecule has 5 heteroatoms. The summed E-state index contributed by atoms with van der Waals surface area (Å²) in [5.41, 5.74) is 1.59. The Balaban J connectivity index is 2.82. The Morgan fingerprint density at radius 2 is 1.86 bits per heavy atom. The van der Waals surface area contributed by atoms with Gasteiger partial charge in [0.1, 0.15) is 12.2 Å². The minimum absolute atomic E-state index is 0.154. The highest BCUT2D eigenvalue weighted by molar-refractivity contribution is 5.91. The first-order valence-corrected chi connectivity index (χ1v) is 7.34. The molecule has 21 heavy (non-hydrogen) atoms. The second kappa shape index (κ2) is 7.41. The van der Waals surface area contributed by atoms with E-state index in [-0.39, 0.29) is 11.4 Å². The summed E-state index contributed by atoms with van der Waals surface area (Å²) in [7, 11) is 0. The number of aromatic nitrogens is 1. The minimum atomic E-state index is -1.00. The van der Waals surface area contributed by atoms with Crippen molar-refractivity contribution in [3.05, 3.63) is 22.9 Å². The van der Waals surface area contributed by atoms with Crippen molar-refractivity contribution in [2.75, 3.05) is 13.2 Å². The first-order chi connectivity index (χ1) is 9.73. The van der Waals surface area contributed by atoms with Crippen molar-refractivity contribution in [3.63, 3.8) is 0 Å². The molecule has 0 saturated heterocycles. The van der Waals surface area contributed by atoms with E-state index in [1.54, 1.807) is 13.0 Å². The zero-order chi connectivity index (χ0) is 16.2. The van der Waals surface area contributed by atoms with Crippen LogP contribution in [-0.2, 0) is 0 Å². The summed E-state index contributed by atoms with van der Waals surface area (Å²) in [6, 6.07) is 2.59. The van der Waals surface area contributed by atoms with Crippen molar-refractivity contribution in [3.8, 4) is 5.88 Å². The largest absolute Gasteiger partial charge is 0.477 e. The van der Waals surface area contributed by atoms with E-state index in [0.717, 1.165) is 12.2 Å². The maximum Gasteiger partial charge on any atom is 0.341 e. The number of ether oxygens (including phenoxy) is 1. The van der Waals surface area contributed by atoms with Crippen LogP contribution in [0.5, 0.6) is 5.88 Å². The van der Waals surface area contributed by atoms with Gasteiger partial charge in [-0.2, -0.15) is 0 Å². The number of carboxylic acids is 1. The minimum Gasteiger partial charge on any atom is -0.477 e. The normalized spacial score (nSPS) is 11.5. The lowest BCUT2D eigenvalue weighted by Gasteiger charge is -2.30. The van der Waals surface area contributed by atoms with Crippen LogP contribution in [0.4, 0.5) is 0 Å². The molecule has 118 valence electrons. The number of carbonyl (C=O) groups is 1. The smallest absolute Gasteiger partial charge is 0.341 e. The van der Waals surface area contributed by atoms with E-state index in [1.165, 1.54) is 0 Å². The van der Waals surface area contributed by atoms with Crippen molar-refractivity contribution in [1.82, 2.24) is 9.88 Å². The average molecular weight is 294 g/mol. The van der Waals surface area contributed by atoms with Gasteiger partial charge in [-0.25, -0.2) is 9.78 Å². The number of pyridine rings is 1. The maximum absolute atomic E-state index is 11.3. The Kier molecular flexibility index (Phi) is 6.15. The highest BCUT2D eigenvalue weighted by atomic mass is 16.5. The molecule has 0 atom stereocenters. The summed E-state index contributed by atoms with van der Waals surface area (Å²) in [5.74, 6) is -0.785. The highest BCUT2D eigenvalue weighted by Gasteiger charge is 2.18. The van der Waals surface area contributed by atoms with Gasteiger partial charge >= 0.3 is 5.97 Å². The molecule has 1 aromatic heterocycles. The van der Waals surface area contributed by atoms with Gasteiger partial charge < -0.3 is 9.84 Å². The van der Waals surface area contributed by atoms with Crippen molar-refractivity contribution in [1.29, 1.82) is 0 Å². The Morgan fingerprint density at radius 3 is 2.33 bits per heavy atom. The number of aromatic carboxylic acids is 1. The quantitative estimate of drug-likeness (QED) is 0.837. The molecule has 0 saturated carbocycles. The molecule has 0 fully saturated rings. The van der Waals surface area contributed by atoms with Gasteiger partial charge in [0.05, 0.1) is 0 Å². The third-order valence-electron chi connectivity index (χ3n) is 3.44. The van der Waals surface area contributed by atoms with E-state index in [0.29, 0.717) is 24.3 Å². The Hall–Kier alpha value is -1.62. The summed E-state index contributed by atoms with van der Waals surface area (Å²) < 4.78 is 5.66. The number of aryl methyl sites for hydroxylation is 2. The van der Waals surface area contributed by atoms with E-state index in [1.807, 2.05) is 6.92 Å². The summed E-state index contributed by atoms with van der Waals surface area (Å²) in [4.78, 5) is 17.9. The summed E-state index contributed by atoms with van der Waals surface area (Å²) in [6.07, 6.45) is 0. The molecule has 5 nitrogen and oxygen atoms in total. The van der Waals surface area contributed by atoms with Crippen molar-refractivity contribution >= 4 is 5.97 Å². The number of hydrogen-bond donors (Lipinski definition) is 1. The van der Waals surface area contributed by atoms with E-state index in [9.17, 15) is 9.90 Å². The second-order valence-corrected chi connectivity index (χ2v) is 5.84. The molecule has 1 aromatic rings. The monoisotopic (exact) mass is 294 g/mol. The van der Waals surface area contributed by atoms with Crippen molar-refractivity contribution in [2.45, 2.75) is 53.6 Å². The fourth-order valence-corrected chi connectivity index (χ4v) is 2.53. The molecular weight excluding hydrogens is 268 g/mol. The zero-order valence-electron chi connectivity index (χ0n) is 13.8. The first kappa shape index (κ1) is 17.4. The van der Waals surface area contributed by atoms with E-state index < -0.39 is 5.97 Å². The van der Waals surface area contributed by atoms with Crippen molar-refractivity contribution in [2.24, 2.45) is 0 Å². The number of hydrogen-bond acceptors (Lipinski definition) is 4. The number of nitrogens with zero attached hydrogens (tertiary/aromatic N) is 2. The predicted molar refractivity (Wildman–Crippen MR) is 83.1 cm³/mol. The van der Waals surface area contributed by atoms with Gasteiger partial charge in [-0.3, -0.25) is 4.90 Å². The predicted octanol–water partition coefficient (Wildman–Crippen LogP) is 2.89. The average Bonchev–Trinajstić information content (AvgIpc) is 2.31. The van der Waals surface area contributed by atoms with Crippen LogP contribution in [-0.4, -0.2) is 46.2 Å². The number of carboxylic acid groups (broad SMARTS) is 1. The molecule has 0 aliphatic carbocycles. The molecule has 0 bridgehead atoms. The van der Waals surface area contributed by atoms with Gasteiger partial charge in [0, 0.05) is 24.3 Å². The Bertz CT molecular complexity index is 491. The van der Waals surface area contributed by atoms with Crippen LogP contribution < -0.4 is 4.74 Å². The third kappa shape index (κ3) is 4.70. The van der Waals surface area contributed by atoms with Gasteiger partial charge in [-0.1, -0.05) is 0 Å². The van der Waals surface area contributed by atoms with Crippen LogP contribution in [0, 0.1) is 13.8 Å². The molecule has 1 heterocycles. The zero-order valence-corrected chi connectivity index (χ0v) is 13.8. The lowest BCUT2D eigenvalue weighted by atomic mass is 10.1. The molecular formula is C16H26N2O3. The van der Waals surface area contributed by atoms with Gasteiger partial charge in [0.2, 0.25) is 5.88 Å². The first-order valence-electron chi connectivity index (χ1n) is 7.34. The van der Waals surface area contributed by atoms with Gasteiger partial charge in [0.15, 0.2) is 0 Å². The fraction of sp³-hybridized carbons (Fsp3) is 0.625. The summed E-state index contributed by atoms with van der Waals surface area (Å²) in [5, 5.41) is 9.29. The molecule has 0 aliphatic rings. The molecule has 0 aromatic carbocycles. The van der Waals surface area contributed by atoms with Crippen LogP contribution in [0.25, 0.3) is 0 Å². The lowest BCUT2D eigenvalue weighted by molar-refractivity contribution is 0.0688. The maximum atomic E-state index is 11.3. The molecule has 0 spiro atoms. The molecule has 0 aliphatic heterocycles. The molecule has 0 radical (unpaired) electrons. The highest BCUT2D eigenvalue weighted by Crippen LogP contribution is 2.21. The van der Waals surface area contributed by atoms with Crippen LogP contribution in [0.3, 0.4) is 0 Å². The third-order valence-corrected chi connectivity index (χ3v) is 3.44. The van der Waals surface area contributed by atoms with Gasteiger partial charge in [-0.05, 0) is 53.2 Å². The van der Waals surface area contributed by atoms with Gasteiger partial charge in [-0.15, -0.1) is 0 Å². The van der Waals surface area contributed by atoms with Crippen LogP contribution >= 0.6 is 0 Å². The van der Waals surface area contributed by atoms with Crippen LogP contribution in [0.2, 0.25) is 0 Å². The standard InChI is InChI=1S/C16H26N2O3/c1-10(2)18(11(3)4)7-8-21-15-14(16(19)20)12(5)9-13(6)17-15/h9-11H,7-8H2,1-6H3,(H,19,20). The molecule has 0 unspecified atom stereocenters. The van der Waals surface area contributed by atoms with E-state index in [2.05, 4.69) is 37.6 Å². The topological polar surface area (TPSA) is 62.7 Å².